The highest BCUT2D eigenvalue weighted by Crippen LogP contribution is 2.28. The van der Waals surface area contributed by atoms with Crippen LogP contribution in [-0.4, -0.2) is 24.5 Å². The SMILES string of the molecule is CCS(=O)c1cc(F)ccc1-c1nc2cc(C)cnc2n1C. The fourth-order valence-electron chi connectivity index (χ4n) is 2.44. The van der Waals surface area contributed by atoms with E-state index in [9.17, 15) is 8.60 Å². The lowest BCUT2D eigenvalue weighted by atomic mass is 10.2. The second-order valence-electron chi connectivity index (χ2n) is 5.12. The number of nitrogens with zero attached hydrogens (tertiary/aromatic N) is 3. The van der Waals surface area contributed by atoms with E-state index < -0.39 is 16.6 Å². The third-order valence-corrected chi connectivity index (χ3v) is 4.89. The van der Waals surface area contributed by atoms with Crippen LogP contribution >= 0.6 is 0 Å². The molecular weight excluding hydrogens is 301 g/mol. The molecule has 0 amide bonds. The Kier molecular flexibility index (Phi) is 3.78. The Morgan fingerprint density at radius 1 is 1.32 bits per heavy atom. The van der Waals surface area contributed by atoms with Crippen LogP contribution in [0.1, 0.15) is 12.5 Å². The molecule has 0 spiro atoms. The lowest BCUT2D eigenvalue weighted by Gasteiger charge is -2.08. The van der Waals surface area contributed by atoms with Crippen molar-refractivity contribution in [3.63, 3.8) is 0 Å². The van der Waals surface area contributed by atoms with Crippen LogP contribution in [0, 0.1) is 12.7 Å². The molecule has 1 atom stereocenters. The maximum Gasteiger partial charge on any atom is 0.160 e. The Hall–Kier alpha value is -2.08. The molecule has 0 fully saturated rings. The van der Waals surface area contributed by atoms with Gasteiger partial charge >= 0.3 is 0 Å². The third kappa shape index (κ3) is 2.43. The average molecular weight is 317 g/mol. The molecule has 1 aromatic carbocycles. The zero-order valence-electron chi connectivity index (χ0n) is 12.6. The second kappa shape index (κ2) is 5.61. The maximum absolute atomic E-state index is 13.5. The number of hydrogen-bond donors (Lipinski definition) is 0. The molecule has 22 heavy (non-hydrogen) atoms. The number of benzene rings is 1. The van der Waals surface area contributed by atoms with E-state index in [4.69, 9.17) is 0 Å². The molecule has 114 valence electrons. The lowest BCUT2D eigenvalue weighted by Crippen LogP contribution is -2.01. The van der Waals surface area contributed by atoms with Gasteiger partial charge in [-0.2, -0.15) is 0 Å². The minimum absolute atomic E-state index is 0.395. The fourth-order valence-corrected chi connectivity index (χ4v) is 3.40. The zero-order chi connectivity index (χ0) is 15.9. The normalized spacial score (nSPS) is 12.7. The molecule has 0 aliphatic carbocycles. The minimum atomic E-state index is -1.26. The number of imidazole rings is 1. The second-order valence-corrected chi connectivity index (χ2v) is 6.83. The van der Waals surface area contributed by atoms with E-state index in [1.807, 2.05) is 31.5 Å². The molecule has 1 unspecified atom stereocenters. The summed E-state index contributed by atoms with van der Waals surface area (Å²) in [6.07, 6.45) is 1.78. The Labute approximate surface area is 130 Å². The van der Waals surface area contributed by atoms with Crippen LogP contribution in [0.3, 0.4) is 0 Å². The Morgan fingerprint density at radius 3 is 2.82 bits per heavy atom. The molecular formula is C16H16FN3OS. The first-order valence-electron chi connectivity index (χ1n) is 6.98. The number of fused-ring (bicyclic) bond motifs is 1. The lowest BCUT2D eigenvalue weighted by molar-refractivity contribution is 0.622. The highest BCUT2D eigenvalue weighted by atomic mass is 32.2. The van der Waals surface area contributed by atoms with E-state index in [0.717, 1.165) is 16.7 Å². The van der Waals surface area contributed by atoms with Gasteiger partial charge in [-0.15, -0.1) is 0 Å². The Morgan fingerprint density at radius 2 is 2.09 bits per heavy atom. The summed E-state index contributed by atoms with van der Waals surface area (Å²) in [6, 6.07) is 6.27. The maximum atomic E-state index is 13.5. The van der Waals surface area contributed by atoms with Crippen molar-refractivity contribution in [3.8, 4) is 11.4 Å². The molecule has 0 saturated heterocycles. The van der Waals surface area contributed by atoms with Crippen molar-refractivity contribution in [1.29, 1.82) is 0 Å². The number of aryl methyl sites for hydroxylation is 2. The minimum Gasteiger partial charge on any atom is -0.312 e. The molecule has 4 nitrogen and oxygen atoms in total. The molecule has 2 aromatic heterocycles. The van der Waals surface area contributed by atoms with Crippen LogP contribution in [0.5, 0.6) is 0 Å². The Balaban J connectivity index is 2.27. The van der Waals surface area contributed by atoms with Gasteiger partial charge in [0.2, 0.25) is 0 Å². The summed E-state index contributed by atoms with van der Waals surface area (Å²) in [5.41, 5.74) is 3.22. The molecule has 0 radical (unpaired) electrons. The summed E-state index contributed by atoms with van der Waals surface area (Å²) in [6.45, 7) is 3.76. The summed E-state index contributed by atoms with van der Waals surface area (Å²) in [4.78, 5) is 9.45. The highest BCUT2D eigenvalue weighted by molar-refractivity contribution is 7.85. The number of halogens is 1. The Bertz CT molecular complexity index is 888. The quantitative estimate of drug-likeness (QED) is 0.745. The van der Waals surface area contributed by atoms with E-state index in [1.54, 1.807) is 12.3 Å². The number of aromatic nitrogens is 3. The molecule has 0 aliphatic heterocycles. The van der Waals surface area contributed by atoms with Crippen molar-refractivity contribution in [2.24, 2.45) is 7.05 Å². The predicted octanol–water partition coefficient (Wildman–Crippen LogP) is 3.21. The van der Waals surface area contributed by atoms with E-state index >= 15 is 0 Å². The number of hydrogen-bond acceptors (Lipinski definition) is 3. The molecule has 6 heteroatoms. The largest absolute Gasteiger partial charge is 0.312 e. The van der Waals surface area contributed by atoms with E-state index in [-0.39, 0.29) is 0 Å². The summed E-state index contributed by atoms with van der Waals surface area (Å²) >= 11 is 0. The van der Waals surface area contributed by atoms with Gasteiger partial charge in [-0.1, -0.05) is 6.92 Å². The summed E-state index contributed by atoms with van der Waals surface area (Å²) < 4.78 is 27.6. The first kappa shape index (κ1) is 14.8. The summed E-state index contributed by atoms with van der Waals surface area (Å²) in [7, 11) is 0.595. The van der Waals surface area contributed by atoms with Crippen LogP contribution in [0.25, 0.3) is 22.6 Å². The molecule has 0 bridgehead atoms. The van der Waals surface area contributed by atoms with Crippen molar-refractivity contribution in [2.45, 2.75) is 18.7 Å². The molecule has 0 N–H and O–H groups in total. The average Bonchev–Trinajstić information content (AvgIpc) is 2.82. The standard InChI is InChI=1S/C16H16FN3OS/c1-4-22(21)14-8-11(17)5-6-12(14)15-19-13-7-10(2)9-18-16(13)20(15)3/h5-9H,4H2,1-3H3. The molecule has 0 aliphatic rings. The van der Waals surface area contributed by atoms with Gasteiger partial charge in [0, 0.05) is 24.6 Å². The first-order chi connectivity index (χ1) is 10.5. The van der Waals surface area contributed by atoms with Gasteiger partial charge in [0.15, 0.2) is 5.65 Å². The van der Waals surface area contributed by atoms with E-state index in [2.05, 4.69) is 9.97 Å². The van der Waals surface area contributed by atoms with Crippen LogP contribution in [0.15, 0.2) is 35.4 Å². The van der Waals surface area contributed by atoms with Crippen LogP contribution in [-0.2, 0) is 17.8 Å². The van der Waals surface area contributed by atoms with Gasteiger partial charge in [0.1, 0.15) is 17.2 Å². The summed E-state index contributed by atoms with van der Waals surface area (Å²) in [5.74, 6) is 0.677. The van der Waals surface area contributed by atoms with E-state index in [1.165, 1.54) is 12.1 Å². The predicted molar refractivity (Wildman–Crippen MR) is 85.6 cm³/mol. The van der Waals surface area contributed by atoms with Crippen molar-refractivity contribution in [3.05, 3.63) is 41.8 Å². The fraction of sp³-hybridized carbons (Fsp3) is 0.250. The van der Waals surface area contributed by atoms with E-state index in [0.29, 0.717) is 22.0 Å². The van der Waals surface area contributed by atoms with Crippen molar-refractivity contribution >= 4 is 22.0 Å². The van der Waals surface area contributed by atoms with Gasteiger partial charge in [-0.25, -0.2) is 14.4 Å². The van der Waals surface area contributed by atoms with Gasteiger partial charge in [-0.3, -0.25) is 4.21 Å². The zero-order valence-corrected chi connectivity index (χ0v) is 13.4. The van der Waals surface area contributed by atoms with Gasteiger partial charge in [0.05, 0.1) is 15.7 Å². The topological polar surface area (TPSA) is 47.8 Å². The van der Waals surface area contributed by atoms with Crippen molar-refractivity contribution in [2.75, 3.05) is 5.75 Å². The van der Waals surface area contributed by atoms with Crippen molar-refractivity contribution in [1.82, 2.24) is 14.5 Å². The smallest absolute Gasteiger partial charge is 0.160 e. The monoisotopic (exact) mass is 317 g/mol. The number of pyridine rings is 1. The van der Waals surface area contributed by atoms with Gasteiger partial charge in [-0.05, 0) is 36.8 Å². The number of rotatable bonds is 3. The first-order valence-corrected chi connectivity index (χ1v) is 8.30. The molecule has 3 rings (SSSR count). The third-order valence-electron chi connectivity index (χ3n) is 3.54. The van der Waals surface area contributed by atoms with Gasteiger partial charge in [0.25, 0.3) is 0 Å². The highest BCUT2D eigenvalue weighted by Gasteiger charge is 2.17. The van der Waals surface area contributed by atoms with Crippen molar-refractivity contribution < 1.29 is 8.60 Å². The van der Waals surface area contributed by atoms with Crippen LogP contribution in [0.2, 0.25) is 0 Å². The van der Waals surface area contributed by atoms with Crippen LogP contribution < -0.4 is 0 Å². The molecule has 3 aromatic rings. The van der Waals surface area contributed by atoms with Crippen LogP contribution in [0.4, 0.5) is 4.39 Å². The molecule has 2 heterocycles. The van der Waals surface area contributed by atoms with Gasteiger partial charge < -0.3 is 4.57 Å². The summed E-state index contributed by atoms with van der Waals surface area (Å²) in [5, 5.41) is 0. The molecule has 0 saturated carbocycles.